The maximum atomic E-state index is 12.8. The number of hydrogen-bond donors (Lipinski definition) is 1. The van der Waals surface area contributed by atoms with Crippen LogP contribution in [0.25, 0.3) is 0 Å². The zero-order valence-electron chi connectivity index (χ0n) is 13.9. The maximum absolute atomic E-state index is 12.8. The number of carbonyl (C=O) groups excluding carboxylic acids is 3. The molecule has 2 fully saturated rings. The number of benzene rings is 1. The van der Waals surface area contributed by atoms with E-state index in [1.807, 2.05) is 19.1 Å². The Morgan fingerprint density at radius 3 is 2.46 bits per heavy atom. The molecule has 0 aliphatic carbocycles. The fourth-order valence-corrected chi connectivity index (χ4v) is 3.49. The van der Waals surface area contributed by atoms with Crippen LogP contribution < -0.4 is 10.6 Å². The summed E-state index contributed by atoms with van der Waals surface area (Å²) in [6.45, 7) is 3.10. The highest BCUT2D eigenvalue weighted by molar-refractivity contribution is 5.98. The topological polar surface area (TPSA) is 83.7 Å². The molecule has 2 atom stereocenters. The smallest absolute Gasteiger partial charge is 0.254 e. The van der Waals surface area contributed by atoms with Gasteiger partial charge in [0, 0.05) is 36.8 Å². The average molecular weight is 329 g/mol. The molecule has 0 unspecified atom stereocenters. The minimum Gasteiger partial charge on any atom is -0.369 e. The first-order valence-corrected chi connectivity index (χ1v) is 8.48. The number of rotatable bonds is 3. The van der Waals surface area contributed by atoms with E-state index in [1.165, 1.54) is 0 Å². The van der Waals surface area contributed by atoms with Crippen LogP contribution in [0.5, 0.6) is 0 Å². The monoisotopic (exact) mass is 329 g/mol. The van der Waals surface area contributed by atoms with Crippen molar-refractivity contribution in [3.8, 4) is 0 Å². The lowest BCUT2D eigenvalue weighted by atomic mass is 9.92. The molecular formula is C18H23N3O3. The summed E-state index contributed by atoms with van der Waals surface area (Å²) in [7, 11) is 0. The standard InChI is InChI=1S/C18H23N3O3/c1-12-4-5-14(17(19)23)11-21(12)18(24)13-6-8-15(9-7-13)20-10-2-3-16(20)22/h6-9,12,14H,2-5,10-11H2,1H3,(H2,19,23)/t12-,14+/m0/s1. The Bertz CT molecular complexity index is 656. The van der Waals surface area contributed by atoms with Crippen molar-refractivity contribution in [1.29, 1.82) is 0 Å². The molecule has 6 heteroatoms. The summed E-state index contributed by atoms with van der Waals surface area (Å²) >= 11 is 0. The lowest BCUT2D eigenvalue weighted by Gasteiger charge is -2.37. The van der Waals surface area contributed by atoms with Crippen molar-refractivity contribution in [3.63, 3.8) is 0 Å². The van der Waals surface area contributed by atoms with Crippen molar-refractivity contribution in [3.05, 3.63) is 29.8 Å². The van der Waals surface area contributed by atoms with Gasteiger partial charge < -0.3 is 15.5 Å². The Balaban J connectivity index is 1.74. The molecule has 3 rings (SSSR count). The second-order valence-corrected chi connectivity index (χ2v) is 6.68. The van der Waals surface area contributed by atoms with E-state index in [0.717, 1.165) is 31.5 Å². The van der Waals surface area contributed by atoms with E-state index in [1.54, 1.807) is 21.9 Å². The zero-order valence-corrected chi connectivity index (χ0v) is 13.9. The van der Waals surface area contributed by atoms with Gasteiger partial charge in [-0.2, -0.15) is 0 Å². The van der Waals surface area contributed by atoms with Gasteiger partial charge in [0.15, 0.2) is 0 Å². The number of primary amides is 1. The highest BCUT2D eigenvalue weighted by Gasteiger charge is 2.32. The van der Waals surface area contributed by atoms with Gasteiger partial charge in [0.2, 0.25) is 11.8 Å². The average Bonchev–Trinajstić information content (AvgIpc) is 3.00. The first-order chi connectivity index (χ1) is 11.5. The largest absolute Gasteiger partial charge is 0.369 e. The molecule has 0 bridgehead atoms. The van der Waals surface area contributed by atoms with Crippen LogP contribution in [0.4, 0.5) is 5.69 Å². The number of carbonyl (C=O) groups is 3. The SMILES string of the molecule is C[C@H]1CC[C@@H](C(N)=O)CN1C(=O)c1ccc(N2CCCC2=O)cc1. The van der Waals surface area contributed by atoms with Crippen LogP contribution in [0, 0.1) is 5.92 Å². The molecule has 2 aliphatic rings. The van der Waals surface area contributed by atoms with Crippen LogP contribution in [0.1, 0.15) is 43.0 Å². The van der Waals surface area contributed by atoms with Crippen LogP contribution in [0.15, 0.2) is 24.3 Å². The van der Waals surface area contributed by atoms with Gasteiger partial charge in [-0.25, -0.2) is 0 Å². The third-order valence-corrected chi connectivity index (χ3v) is 5.04. The molecule has 1 aromatic rings. The molecule has 128 valence electrons. The first-order valence-electron chi connectivity index (χ1n) is 8.48. The number of likely N-dealkylation sites (tertiary alicyclic amines) is 1. The third-order valence-electron chi connectivity index (χ3n) is 5.04. The van der Waals surface area contributed by atoms with E-state index in [-0.39, 0.29) is 29.7 Å². The fourth-order valence-electron chi connectivity index (χ4n) is 3.49. The van der Waals surface area contributed by atoms with Gasteiger partial charge in [-0.3, -0.25) is 14.4 Å². The summed E-state index contributed by atoms with van der Waals surface area (Å²) in [5.41, 5.74) is 6.80. The van der Waals surface area contributed by atoms with Gasteiger partial charge in [-0.15, -0.1) is 0 Å². The summed E-state index contributed by atoms with van der Waals surface area (Å²) in [6.07, 6.45) is 2.97. The second kappa shape index (κ2) is 6.63. The number of hydrogen-bond acceptors (Lipinski definition) is 3. The quantitative estimate of drug-likeness (QED) is 0.913. The number of piperidine rings is 1. The van der Waals surface area contributed by atoms with Crippen molar-refractivity contribution in [2.24, 2.45) is 11.7 Å². The molecule has 0 spiro atoms. The van der Waals surface area contributed by atoms with Crippen LogP contribution in [-0.2, 0) is 9.59 Å². The van der Waals surface area contributed by atoms with E-state index in [0.29, 0.717) is 18.5 Å². The maximum Gasteiger partial charge on any atom is 0.254 e. The van der Waals surface area contributed by atoms with E-state index >= 15 is 0 Å². The molecule has 2 saturated heterocycles. The molecule has 1 aromatic carbocycles. The lowest BCUT2D eigenvalue weighted by Crippen LogP contribution is -2.48. The third kappa shape index (κ3) is 3.13. The van der Waals surface area contributed by atoms with Gasteiger partial charge in [0.1, 0.15) is 0 Å². The summed E-state index contributed by atoms with van der Waals surface area (Å²) in [5.74, 6) is -0.579. The summed E-state index contributed by atoms with van der Waals surface area (Å²) in [5, 5.41) is 0. The summed E-state index contributed by atoms with van der Waals surface area (Å²) in [6, 6.07) is 7.23. The Morgan fingerprint density at radius 2 is 1.88 bits per heavy atom. The van der Waals surface area contributed by atoms with Gasteiger partial charge in [-0.05, 0) is 50.5 Å². The summed E-state index contributed by atoms with van der Waals surface area (Å²) < 4.78 is 0. The molecule has 2 heterocycles. The Morgan fingerprint density at radius 1 is 1.17 bits per heavy atom. The Kier molecular flexibility index (Phi) is 4.55. The Labute approximate surface area is 141 Å². The van der Waals surface area contributed by atoms with Crippen molar-refractivity contribution >= 4 is 23.4 Å². The molecule has 0 aromatic heterocycles. The minimum absolute atomic E-state index is 0.0900. The first kappa shape index (κ1) is 16.5. The number of nitrogens with two attached hydrogens (primary N) is 1. The highest BCUT2D eigenvalue weighted by Crippen LogP contribution is 2.25. The molecular weight excluding hydrogens is 306 g/mol. The summed E-state index contributed by atoms with van der Waals surface area (Å²) in [4.78, 5) is 39.5. The van der Waals surface area contributed by atoms with Crippen molar-refractivity contribution in [2.45, 2.75) is 38.6 Å². The second-order valence-electron chi connectivity index (χ2n) is 6.68. The molecule has 24 heavy (non-hydrogen) atoms. The molecule has 6 nitrogen and oxygen atoms in total. The zero-order chi connectivity index (χ0) is 17.3. The van der Waals surface area contributed by atoms with E-state index in [9.17, 15) is 14.4 Å². The van der Waals surface area contributed by atoms with E-state index < -0.39 is 0 Å². The Hall–Kier alpha value is -2.37. The number of amides is 3. The number of nitrogens with zero attached hydrogens (tertiary/aromatic N) is 2. The van der Waals surface area contributed by atoms with Gasteiger partial charge in [0.25, 0.3) is 5.91 Å². The van der Waals surface area contributed by atoms with Gasteiger partial charge >= 0.3 is 0 Å². The number of anilines is 1. The van der Waals surface area contributed by atoms with Crippen molar-refractivity contribution in [1.82, 2.24) is 4.90 Å². The van der Waals surface area contributed by atoms with E-state index in [4.69, 9.17) is 5.73 Å². The molecule has 0 saturated carbocycles. The molecule has 3 amide bonds. The molecule has 0 radical (unpaired) electrons. The van der Waals surface area contributed by atoms with Crippen LogP contribution in [0.3, 0.4) is 0 Å². The van der Waals surface area contributed by atoms with Crippen LogP contribution in [-0.4, -0.2) is 41.8 Å². The highest BCUT2D eigenvalue weighted by atomic mass is 16.2. The predicted molar refractivity (Wildman–Crippen MR) is 90.4 cm³/mol. The molecule has 2 aliphatic heterocycles. The van der Waals surface area contributed by atoms with Gasteiger partial charge in [0.05, 0.1) is 5.92 Å². The van der Waals surface area contributed by atoms with Crippen LogP contribution >= 0.6 is 0 Å². The van der Waals surface area contributed by atoms with Crippen molar-refractivity contribution in [2.75, 3.05) is 18.0 Å². The normalized spacial score (nSPS) is 24.3. The van der Waals surface area contributed by atoms with E-state index in [2.05, 4.69) is 0 Å². The minimum atomic E-state index is -0.345. The van der Waals surface area contributed by atoms with Gasteiger partial charge in [-0.1, -0.05) is 0 Å². The fraction of sp³-hybridized carbons (Fsp3) is 0.500. The van der Waals surface area contributed by atoms with Crippen LogP contribution in [0.2, 0.25) is 0 Å². The lowest BCUT2D eigenvalue weighted by molar-refractivity contribution is -0.123. The predicted octanol–water partition coefficient (Wildman–Crippen LogP) is 1.54. The van der Waals surface area contributed by atoms with Crippen molar-refractivity contribution < 1.29 is 14.4 Å². The molecule has 2 N–H and O–H groups in total.